The summed E-state index contributed by atoms with van der Waals surface area (Å²) in [5.74, 6) is 1.21. The van der Waals surface area contributed by atoms with E-state index in [4.69, 9.17) is 16.3 Å². The minimum Gasteiger partial charge on any atom is -0.444 e. The molecule has 1 amide bonds. The van der Waals surface area contributed by atoms with E-state index in [-0.39, 0.29) is 11.4 Å². The number of amides is 1. The summed E-state index contributed by atoms with van der Waals surface area (Å²) >= 11 is 5.84. The van der Waals surface area contributed by atoms with Crippen molar-refractivity contribution in [1.29, 1.82) is 0 Å². The third kappa shape index (κ3) is 5.33. The summed E-state index contributed by atoms with van der Waals surface area (Å²) in [6, 6.07) is 1.86. The molecule has 0 spiro atoms. The van der Waals surface area contributed by atoms with E-state index >= 15 is 0 Å². The molecule has 0 radical (unpaired) electrons. The maximum Gasteiger partial charge on any atom is 0.407 e. The number of hydrogen-bond donors (Lipinski definition) is 1. The van der Waals surface area contributed by atoms with Crippen molar-refractivity contribution < 1.29 is 9.53 Å². The molecular formula is C15H23ClN4O2. The Morgan fingerprint density at radius 2 is 2.32 bits per heavy atom. The predicted octanol–water partition coefficient (Wildman–Crippen LogP) is 2.87. The van der Waals surface area contributed by atoms with Crippen molar-refractivity contribution in [3.8, 4) is 0 Å². The van der Waals surface area contributed by atoms with Gasteiger partial charge in [-0.15, -0.1) is 0 Å². The van der Waals surface area contributed by atoms with E-state index in [0.717, 1.165) is 31.7 Å². The standard InChI is InChI=1S/C15H23ClN4O2/c1-15(2,3)22-14(21)18-9-11-5-4-8-20(10-11)12-6-7-17-13(16)19-12/h6-7,11H,4-5,8-10H2,1-3H3,(H,18,21)/t11-/m0/s1. The van der Waals surface area contributed by atoms with Crippen LogP contribution in [-0.2, 0) is 4.74 Å². The van der Waals surface area contributed by atoms with Crippen LogP contribution < -0.4 is 10.2 Å². The van der Waals surface area contributed by atoms with Gasteiger partial charge in [-0.25, -0.2) is 14.8 Å². The highest BCUT2D eigenvalue weighted by molar-refractivity contribution is 6.28. The van der Waals surface area contributed by atoms with E-state index in [9.17, 15) is 4.79 Å². The molecule has 7 heteroatoms. The van der Waals surface area contributed by atoms with Crippen LogP contribution in [-0.4, -0.2) is 41.3 Å². The zero-order valence-electron chi connectivity index (χ0n) is 13.3. The third-order valence-corrected chi connectivity index (χ3v) is 3.57. The van der Waals surface area contributed by atoms with Crippen LogP contribution in [0.1, 0.15) is 33.6 Å². The molecule has 2 rings (SSSR count). The Balaban J connectivity index is 1.85. The maximum atomic E-state index is 11.7. The number of carbonyl (C=O) groups is 1. The first-order chi connectivity index (χ1) is 10.3. The predicted molar refractivity (Wildman–Crippen MR) is 86.2 cm³/mol. The Morgan fingerprint density at radius 1 is 1.55 bits per heavy atom. The molecule has 0 saturated carbocycles. The number of alkyl carbamates (subject to hydrolysis) is 1. The lowest BCUT2D eigenvalue weighted by Crippen LogP contribution is -2.42. The molecule has 1 aliphatic heterocycles. The second kappa shape index (κ2) is 7.13. The van der Waals surface area contributed by atoms with Gasteiger partial charge in [-0.3, -0.25) is 0 Å². The van der Waals surface area contributed by atoms with Crippen LogP contribution in [0.5, 0.6) is 0 Å². The lowest BCUT2D eigenvalue weighted by atomic mass is 9.98. The first-order valence-corrected chi connectivity index (χ1v) is 7.91. The van der Waals surface area contributed by atoms with Crippen LogP contribution in [0.2, 0.25) is 5.28 Å². The molecule has 2 heterocycles. The highest BCUT2D eigenvalue weighted by Crippen LogP contribution is 2.21. The van der Waals surface area contributed by atoms with Crippen LogP contribution in [0.25, 0.3) is 0 Å². The lowest BCUT2D eigenvalue weighted by Gasteiger charge is -2.33. The van der Waals surface area contributed by atoms with Gasteiger partial charge in [-0.05, 0) is 57.2 Å². The molecule has 122 valence electrons. The van der Waals surface area contributed by atoms with Crippen molar-refractivity contribution in [1.82, 2.24) is 15.3 Å². The minimum atomic E-state index is -0.472. The van der Waals surface area contributed by atoms with E-state index in [2.05, 4.69) is 20.2 Å². The van der Waals surface area contributed by atoms with Crippen molar-refractivity contribution in [2.75, 3.05) is 24.5 Å². The molecule has 0 aromatic carbocycles. The Bertz CT molecular complexity index is 519. The van der Waals surface area contributed by atoms with Gasteiger partial charge in [0, 0.05) is 25.8 Å². The first kappa shape index (κ1) is 16.8. The number of halogens is 1. The van der Waals surface area contributed by atoms with Gasteiger partial charge in [0.05, 0.1) is 0 Å². The van der Waals surface area contributed by atoms with E-state index < -0.39 is 5.60 Å². The molecule has 0 aliphatic carbocycles. The van der Waals surface area contributed by atoms with E-state index in [1.54, 1.807) is 6.20 Å². The summed E-state index contributed by atoms with van der Waals surface area (Å²) in [6.07, 6.45) is 3.43. The summed E-state index contributed by atoms with van der Waals surface area (Å²) in [7, 11) is 0. The van der Waals surface area contributed by atoms with E-state index in [1.807, 2.05) is 26.8 Å². The number of ether oxygens (including phenoxy) is 1. The molecule has 0 unspecified atom stereocenters. The van der Waals surface area contributed by atoms with Gasteiger partial charge in [0.25, 0.3) is 0 Å². The Kier molecular flexibility index (Phi) is 5.45. The van der Waals surface area contributed by atoms with Gasteiger partial charge in [0.15, 0.2) is 0 Å². The molecule has 1 saturated heterocycles. The lowest BCUT2D eigenvalue weighted by molar-refractivity contribution is 0.0517. The number of piperidine rings is 1. The number of hydrogen-bond acceptors (Lipinski definition) is 5. The Morgan fingerprint density at radius 3 is 3.00 bits per heavy atom. The number of nitrogens with zero attached hydrogens (tertiary/aromatic N) is 3. The second-order valence-corrected chi connectivity index (χ2v) is 6.86. The Labute approximate surface area is 136 Å². The molecular weight excluding hydrogens is 304 g/mol. The summed E-state index contributed by atoms with van der Waals surface area (Å²) in [5.41, 5.74) is -0.472. The highest BCUT2D eigenvalue weighted by atomic mass is 35.5. The van der Waals surface area contributed by atoms with Crippen LogP contribution in [0, 0.1) is 5.92 Å². The molecule has 6 nitrogen and oxygen atoms in total. The van der Waals surface area contributed by atoms with Crippen molar-refractivity contribution in [2.45, 2.75) is 39.2 Å². The van der Waals surface area contributed by atoms with Crippen molar-refractivity contribution in [2.24, 2.45) is 5.92 Å². The second-order valence-electron chi connectivity index (χ2n) is 6.52. The minimum absolute atomic E-state index is 0.256. The highest BCUT2D eigenvalue weighted by Gasteiger charge is 2.23. The number of carbonyl (C=O) groups excluding carboxylic acids is 1. The monoisotopic (exact) mass is 326 g/mol. The van der Waals surface area contributed by atoms with Crippen LogP contribution in [0.15, 0.2) is 12.3 Å². The van der Waals surface area contributed by atoms with Gasteiger partial charge in [0.1, 0.15) is 11.4 Å². The number of aromatic nitrogens is 2. The van der Waals surface area contributed by atoms with Gasteiger partial charge >= 0.3 is 6.09 Å². The fraction of sp³-hybridized carbons (Fsp3) is 0.667. The van der Waals surface area contributed by atoms with Gasteiger partial charge in [-0.2, -0.15) is 0 Å². The topological polar surface area (TPSA) is 67.3 Å². The molecule has 1 aromatic rings. The molecule has 1 fully saturated rings. The molecule has 1 aromatic heterocycles. The number of nitrogens with one attached hydrogen (secondary N) is 1. The van der Waals surface area contributed by atoms with E-state index in [0.29, 0.717) is 12.5 Å². The Hall–Kier alpha value is -1.56. The number of rotatable bonds is 3. The van der Waals surface area contributed by atoms with Crippen molar-refractivity contribution in [3.05, 3.63) is 17.5 Å². The van der Waals surface area contributed by atoms with Crippen molar-refractivity contribution in [3.63, 3.8) is 0 Å². The molecule has 1 N–H and O–H groups in total. The summed E-state index contributed by atoms with van der Waals surface area (Å²) in [5, 5.41) is 3.10. The maximum absolute atomic E-state index is 11.7. The van der Waals surface area contributed by atoms with Crippen LogP contribution in [0.4, 0.5) is 10.6 Å². The average Bonchev–Trinajstić information content (AvgIpc) is 2.44. The molecule has 22 heavy (non-hydrogen) atoms. The fourth-order valence-corrected chi connectivity index (χ4v) is 2.63. The van der Waals surface area contributed by atoms with E-state index in [1.165, 1.54) is 0 Å². The third-order valence-electron chi connectivity index (χ3n) is 3.39. The summed E-state index contributed by atoms with van der Waals surface area (Å²) in [4.78, 5) is 22.0. The van der Waals surface area contributed by atoms with Crippen LogP contribution >= 0.6 is 11.6 Å². The largest absolute Gasteiger partial charge is 0.444 e. The molecule has 0 bridgehead atoms. The summed E-state index contributed by atoms with van der Waals surface area (Å²) in [6.45, 7) is 7.94. The molecule has 1 aliphatic rings. The normalized spacial score (nSPS) is 18.9. The van der Waals surface area contributed by atoms with Gasteiger partial charge in [-0.1, -0.05) is 0 Å². The summed E-state index contributed by atoms with van der Waals surface area (Å²) < 4.78 is 5.25. The number of anilines is 1. The average molecular weight is 327 g/mol. The van der Waals surface area contributed by atoms with Crippen LogP contribution in [0.3, 0.4) is 0 Å². The zero-order chi connectivity index (χ0) is 16.2. The quantitative estimate of drug-likeness (QED) is 0.865. The van der Waals surface area contributed by atoms with Gasteiger partial charge < -0.3 is 15.0 Å². The zero-order valence-corrected chi connectivity index (χ0v) is 14.1. The van der Waals surface area contributed by atoms with Crippen molar-refractivity contribution >= 4 is 23.5 Å². The fourth-order valence-electron chi connectivity index (χ4n) is 2.48. The molecule has 1 atom stereocenters. The van der Waals surface area contributed by atoms with Gasteiger partial charge in [0.2, 0.25) is 5.28 Å². The smallest absolute Gasteiger partial charge is 0.407 e. The first-order valence-electron chi connectivity index (χ1n) is 7.54. The SMILES string of the molecule is CC(C)(C)OC(=O)NC[C@@H]1CCCN(c2ccnc(Cl)n2)C1.